The standard InChI is InChI=1S/C17H16ClNO3S/c18-23(21,22)16-11-17(20)19(12-16)15-8-6-14(7-9-15)10-13-4-2-1-3-5-13/h1-9,16H,10-12H2. The number of rotatable bonds is 4. The highest BCUT2D eigenvalue weighted by Crippen LogP contribution is 2.27. The predicted octanol–water partition coefficient (Wildman–Crippen LogP) is 2.95. The van der Waals surface area contributed by atoms with Crippen LogP contribution in [-0.4, -0.2) is 26.1 Å². The first-order valence-corrected chi connectivity index (χ1v) is 9.67. The maximum atomic E-state index is 12.0. The molecule has 1 saturated heterocycles. The van der Waals surface area contributed by atoms with Gasteiger partial charge in [0.1, 0.15) is 5.25 Å². The van der Waals surface area contributed by atoms with Gasteiger partial charge < -0.3 is 4.90 Å². The molecule has 2 aromatic rings. The second-order valence-corrected chi connectivity index (χ2v) is 8.54. The van der Waals surface area contributed by atoms with Crippen molar-refractivity contribution in [3.63, 3.8) is 0 Å². The number of amides is 1. The van der Waals surface area contributed by atoms with E-state index < -0.39 is 14.3 Å². The molecule has 0 radical (unpaired) electrons. The van der Waals surface area contributed by atoms with Gasteiger partial charge in [-0.05, 0) is 29.7 Å². The molecule has 23 heavy (non-hydrogen) atoms. The number of carbonyl (C=O) groups is 1. The number of carbonyl (C=O) groups excluding carboxylic acids is 1. The molecule has 1 aliphatic heterocycles. The summed E-state index contributed by atoms with van der Waals surface area (Å²) in [6, 6.07) is 17.7. The Balaban J connectivity index is 1.74. The summed E-state index contributed by atoms with van der Waals surface area (Å²) in [5.74, 6) is -0.213. The fraction of sp³-hybridized carbons (Fsp3) is 0.235. The van der Waals surface area contributed by atoms with Gasteiger partial charge in [-0.3, -0.25) is 4.79 Å². The van der Waals surface area contributed by atoms with E-state index in [0.717, 1.165) is 12.0 Å². The molecule has 3 rings (SSSR count). The second kappa shape index (κ2) is 6.34. The molecule has 0 N–H and O–H groups in total. The van der Waals surface area contributed by atoms with E-state index in [-0.39, 0.29) is 18.9 Å². The lowest BCUT2D eigenvalue weighted by Gasteiger charge is -2.16. The molecule has 120 valence electrons. The van der Waals surface area contributed by atoms with E-state index in [1.165, 1.54) is 10.5 Å². The summed E-state index contributed by atoms with van der Waals surface area (Å²) in [5.41, 5.74) is 3.05. The van der Waals surface area contributed by atoms with Crippen molar-refractivity contribution in [1.29, 1.82) is 0 Å². The van der Waals surface area contributed by atoms with Crippen molar-refractivity contribution in [2.75, 3.05) is 11.4 Å². The minimum Gasteiger partial charge on any atom is -0.311 e. The van der Waals surface area contributed by atoms with E-state index in [1.54, 1.807) is 0 Å². The van der Waals surface area contributed by atoms with Gasteiger partial charge in [0.2, 0.25) is 15.0 Å². The van der Waals surface area contributed by atoms with Crippen LogP contribution in [0.15, 0.2) is 54.6 Å². The fourth-order valence-electron chi connectivity index (χ4n) is 2.74. The van der Waals surface area contributed by atoms with Gasteiger partial charge in [0.15, 0.2) is 0 Å². The van der Waals surface area contributed by atoms with Crippen LogP contribution in [0, 0.1) is 0 Å². The van der Waals surface area contributed by atoms with Gasteiger partial charge in [0.25, 0.3) is 0 Å². The smallest absolute Gasteiger partial charge is 0.237 e. The highest BCUT2D eigenvalue weighted by atomic mass is 35.7. The number of benzene rings is 2. The molecule has 6 heteroatoms. The van der Waals surface area contributed by atoms with Crippen LogP contribution in [-0.2, 0) is 20.3 Å². The number of halogens is 1. The monoisotopic (exact) mass is 349 g/mol. The lowest BCUT2D eigenvalue weighted by atomic mass is 10.0. The molecule has 1 heterocycles. The zero-order valence-corrected chi connectivity index (χ0v) is 13.9. The lowest BCUT2D eigenvalue weighted by Crippen LogP contribution is -2.26. The van der Waals surface area contributed by atoms with Crippen molar-refractivity contribution < 1.29 is 13.2 Å². The fourth-order valence-corrected chi connectivity index (χ4v) is 3.77. The Morgan fingerprint density at radius 2 is 1.61 bits per heavy atom. The van der Waals surface area contributed by atoms with Gasteiger partial charge >= 0.3 is 0 Å². The summed E-state index contributed by atoms with van der Waals surface area (Å²) >= 11 is 0. The Morgan fingerprint density at radius 3 is 2.17 bits per heavy atom. The van der Waals surface area contributed by atoms with Gasteiger partial charge in [0, 0.05) is 29.3 Å². The molecule has 1 fully saturated rings. The minimum absolute atomic E-state index is 0.0579. The van der Waals surface area contributed by atoms with E-state index >= 15 is 0 Å². The molecule has 1 unspecified atom stereocenters. The topological polar surface area (TPSA) is 54.5 Å². The average Bonchev–Trinajstić information content (AvgIpc) is 2.91. The van der Waals surface area contributed by atoms with Crippen molar-refractivity contribution in [1.82, 2.24) is 0 Å². The van der Waals surface area contributed by atoms with Crippen LogP contribution in [0.1, 0.15) is 17.5 Å². The van der Waals surface area contributed by atoms with Gasteiger partial charge in [-0.25, -0.2) is 8.42 Å². The number of nitrogens with zero attached hydrogens (tertiary/aromatic N) is 1. The molecular formula is C17H16ClNO3S. The SMILES string of the molecule is O=C1CC(S(=O)(=O)Cl)CN1c1ccc(Cc2ccccc2)cc1. The van der Waals surface area contributed by atoms with Gasteiger partial charge in [-0.2, -0.15) is 0 Å². The molecule has 2 aromatic carbocycles. The van der Waals surface area contributed by atoms with Gasteiger partial charge in [-0.15, -0.1) is 0 Å². The van der Waals surface area contributed by atoms with Gasteiger partial charge in [-0.1, -0.05) is 42.5 Å². The highest BCUT2D eigenvalue weighted by Gasteiger charge is 2.37. The zero-order valence-electron chi connectivity index (χ0n) is 12.4. The Bertz CT molecular complexity index is 803. The van der Waals surface area contributed by atoms with Crippen molar-refractivity contribution in [2.24, 2.45) is 0 Å². The molecule has 4 nitrogen and oxygen atoms in total. The van der Waals surface area contributed by atoms with E-state index in [9.17, 15) is 13.2 Å². The summed E-state index contributed by atoms with van der Waals surface area (Å²) in [4.78, 5) is 13.5. The van der Waals surface area contributed by atoms with E-state index in [1.807, 2.05) is 42.5 Å². The lowest BCUT2D eigenvalue weighted by molar-refractivity contribution is -0.117. The number of hydrogen-bond acceptors (Lipinski definition) is 3. The van der Waals surface area contributed by atoms with Crippen LogP contribution in [0.4, 0.5) is 5.69 Å². The second-order valence-electron chi connectivity index (χ2n) is 5.63. The highest BCUT2D eigenvalue weighted by molar-refractivity contribution is 8.14. The summed E-state index contributed by atoms with van der Waals surface area (Å²) in [6.07, 6.45) is 0.755. The quantitative estimate of drug-likeness (QED) is 0.797. The van der Waals surface area contributed by atoms with Crippen LogP contribution in [0.5, 0.6) is 0 Å². The number of hydrogen-bond donors (Lipinski definition) is 0. The summed E-state index contributed by atoms with van der Waals surface area (Å²) in [5, 5.41) is -0.833. The molecular weight excluding hydrogens is 334 g/mol. The van der Waals surface area contributed by atoms with Crippen LogP contribution >= 0.6 is 10.7 Å². The normalized spacial score (nSPS) is 18.4. The molecule has 0 bridgehead atoms. The van der Waals surface area contributed by atoms with Crippen molar-refractivity contribution in [2.45, 2.75) is 18.1 Å². The Hall–Kier alpha value is -1.85. The molecule has 1 aliphatic rings. The van der Waals surface area contributed by atoms with E-state index in [4.69, 9.17) is 10.7 Å². The maximum Gasteiger partial charge on any atom is 0.237 e. The molecule has 0 aromatic heterocycles. The third-order valence-corrected chi connectivity index (χ3v) is 5.85. The van der Waals surface area contributed by atoms with Crippen molar-refractivity contribution >= 4 is 31.3 Å². The maximum absolute atomic E-state index is 12.0. The first-order chi connectivity index (χ1) is 10.9. The summed E-state index contributed by atoms with van der Waals surface area (Å²) < 4.78 is 22.8. The molecule has 1 atom stereocenters. The van der Waals surface area contributed by atoms with Crippen LogP contribution in [0.25, 0.3) is 0 Å². The summed E-state index contributed by atoms with van der Waals surface area (Å²) in [7, 11) is 1.65. The molecule has 1 amide bonds. The Kier molecular flexibility index (Phi) is 4.41. The average molecular weight is 350 g/mol. The Morgan fingerprint density at radius 1 is 1.00 bits per heavy atom. The van der Waals surface area contributed by atoms with Gasteiger partial charge in [0.05, 0.1) is 0 Å². The third kappa shape index (κ3) is 3.74. The zero-order chi connectivity index (χ0) is 16.4. The molecule has 0 saturated carbocycles. The minimum atomic E-state index is -3.72. The third-order valence-electron chi connectivity index (χ3n) is 3.99. The largest absolute Gasteiger partial charge is 0.311 e. The molecule has 0 aliphatic carbocycles. The summed E-state index contributed by atoms with van der Waals surface area (Å²) in [6.45, 7) is 0.114. The van der Waals surface area contributed by atoms with E-state index in [0.29, 0.717) is 5.69 Å². The van der Waals surface area contributed by atoms with Crippen LogP contribution < -0.4 is 4.90 Å². The van der Waals surface area contributed by atoms with Crippen molar-refractivity contribution in [3.8, 4) is 0 Å². The number of anilines is 1. The first-order valence-electron chi connectivity index (χ1n) is 7.30. The molecule has 0 spiro atoms. The van der Waals surface area contributed by atoms with Crippen molar-refractivity contribution in [3.05, 3.63) is 65.7 Å². The Labute approximate surface area is 140 Å². The van der Waals surface area contributed by atoms with E-state index in [2.05, 4.69) is 12.1 Å². The first kappa shape index (κ1) is 16.0. The predicted molar refractivity (Wildman–Crippen MR) is 91.2 cm³/mol. The van der Waals surface area contributed by atoms with Crippen LogP contribution in [0.3, 0.4) is 0 Å². The van der Waals surface area contributed by atoms with Crippen LogP contribution in [0.2, 0.25) is 0 Å².